The zero-order valence-electron chi connectivity index (χ0n) is 19.0. The first-order chi connectivity index (χ1) is 14.6. The maximum atomic E-state index is 13.3. The number of fused-ring (bicyclic) bond motifs is 6. The summed E-state index contributed by atoms with van der Waals surface area (Å²) >= 11 is 0. The Morgan fingerprint density at radius 1 is 1.23 bits per heavy atom. The number of carbonyl (C=O) groups is 2. The summed E-state index contributed by atoms with van der Waals surface area (Å²) in [5.74, 6) is -0.672. The second kappa shape index (κ2) is 6.83. The van der Waals surface area contributed by atoms with Gasteiger partial charge in [-0.1, -0.05) is 25.5 Å². The second-order valence-electron chi connectivity index (χ2n) is 10.7. The summed E-state index contributed by atoms with van der Waals surface area (Å²) < 4.78 is 17.9. The number of Topliss-reactive ketones (excluding diaryl/α,β-unsaturated/α-hetero) is 1. The summed E-state index contributed by atoms with van der Waals surface area (Å²) in [6.07, 6.45) is 8.65. The highest BCUT2D eigenvalue weighted by atomic mass is 16.9. The van der Waals surface area contributed by atoms with Gasteiger partial charge in [0.05, 0.1) is 6.10 Å². The molecular formula is C25H34O6. The fourth-order valence-electron chi connectivity index (χ4n) is 7.99. The molecule has 5 rings (SSSR count). The fraction of sp³-hybridized carbons (Fsp3) is 0.760. The van der Waals surface area contributed by atoms with Crippen LogP contribution in [-0.2, 0) is 23.8 Å². The lowest BCUT2D eigenvalue weighted by Crippen LogP contribution is -2.67. The topological polar surface area (TPSA) is 82.1 Å². The lowest BCUT2D eigenvalue weighted by molar-refractivity contribution is -0.420. The van der Waals surface area contributed by atoms with Crippen molar-refractivity contribution in [2.45, 2.75) is 77.5 Å². The molecule has 0 aromatic heterocycles. The van der Waals surface area contributed by atoms with Crippen molar-refractivity contribution < 1.29 is 28.9 Å². The van der Waals surface area contributed by atoms with E-state index in [0.29, 0.717) is 19.4 Å². The van der Waals surface area contributed by atoms with Crippen molar-refractivity contribution in [2.24, 2.45) is 28.6 Å². The first-order valence-corrected chi connectivity index (χ1v) is 11.7. The monoisotopic (exact) mass is 430 g/mol. The Hall–Kier alpha value is -1.34. The van der Waals surface area contributed by atoms with E-state index in [1.807, 2.05) is 13.0 Å². The number of ether oxygens (including phenoxy) is 3. The minimum Gasteiger partial charge on any atom is -0.393 e. The molecule has 4 aliphatic carbocycles. The molecule has 8 atom stereocenters. The molecule has 1 aliphatic heterocycles. The van der Waals surface area contributed by atoms with Gasteiger partial charge in [-0.3, -0.25) is 9.59 Å². The van der Waals surface area contributed by atoms with Crippen molar-refractivity contribution in [1.82, 2.24) is 0 Å². The standard InChI is InChI=1S/C25H34O6/c1-5-29-24(4)30-14-20(28)25(31-24)11-9-18-17-7-6-15-12-16(26)8-10-22(15,2)21(17)19(27)13-23(18,25)3/h8,10,12,17-19,21,27H,5-7,9,11,13-14H2,1-4H3/t17-,18-,19+,21+,22-,23-,24-,25-/m0/s1. The number of aliphatic hydroxyl groups is 1. The van der Waals surface area contributed by atoms with Gasteiger partial charge in [0.25, 0.3) is 5.97 Å². The summed E-state index contributed by atoms with van der Waals surface area (Å²) in [7, 11) is 0. The van der Waals surface area contributed by atoms with Crippen molar-refractivity contribution in [3.63, 3.8) is 0 Å². The molecule has 4 fully saturated rings. The summed E-state index contributed by atoms with van der Waals surface area (Å²) in [4.78, 5) is 25.3. The third-order valence-corrected chi connectivity index (χ3v) is 9.30. The SMILES string of the molecule is CCO[C@@]1(C)OCC(=O)[C@]2(CC[C@H]3[C@@H]4CCC5=CC(=O)C=C[C@]5(C)[C@H]4[C@H](O)C[C@@]32C)O1. The molecule has 6 nitrogen and oxygen atoms in total. The molecule has 0 radical (unpaired) electrons. The van der Waals surface area contributed by atoms with Crippen LogP contribution in [0.1, 0.15) is 59.8 Å². The van der Waals surface area contributed by atoms with Gasteiger partial charge in [0.15, 0.2) is 11.6 Å². The van der Waals surface area contributed by atoms with Gasteiger partial charge < -0.3 is 19.3 Å². The van der Waals surface area contributed by atoms with Crippen LogP contribution in [0.3, 0.4) is 0 Å². The van der Waals surface area contributed by atoms with Crippen LogP contribution in [0.5, 0.6) is 0 Å². The predicted octanol–water partition coefficient (Wildman–Crippen LogP) is 3.33. The molecule has 31 heavy (non-hydrogen) atoms. The van der Waals surface area contributed by atoms with E-state index in [4.69, 9.17) is 14.2 Å². The lowest BCUT2D eigenvalue weighted by atomic mass is 9.46. The van der Waals surface area contributed by atoms with Gasteiger partial charge in [-0.25, -0.2) is 0 Å². The molecule has 0 bridgehead atoms. The molecule has 1 N–H and O–H groups in total. The Morgan fingerprint density at radius 3 is 2.74 bits per heavy atom. The van der Waals surface area contributed by atoms with Crippen molar-refractivity contribution in [2.75, 3.05) is 13.2 Å². The number of hydrogen-bond donors (Lipinski definition) is 1. The highest BCUT2D eigenvalue weighted by Gasteiger charge is 2.71. The Kier molecular flexibility index (Phi) is 4.74. The molecule has 0 aromatic carbocycles. The summed E-state index contributed by atoms with van der Waals surface area (Å²) in [5, 5.41) is 11.5. The van der Waals surface area contributed by atoms with E-state index in [-0.39, 0.29) is 41.3 Å². The van der Waals surface area contributed by atoms with Gasteiger partial charge in [0.1, 0.15) is 12.2 Å². The Bertz CT molecular complexity index is 877. The maximum Gasteiger partial charge on any atom is 0.281 e. The van der Waals surface area contributed by atoms with Crippen LogP contribution in [0.2, 0.25) is 0 Å². The van der Waals surface area contributed by atoms with Crippen LogP contribution >= 0.6 is 0 Å². The normalized spacial score (nSPS) is 51.3. The summed E-state index contributed by atoms with van der Waals surface area (Å²) in [5.41, 5.74) is -0.660. The van der Waals surface area contributed by atoms with Gasteiger partial charge in [0, 0.05) is 30.3 Å². The molecule has 0 unspecified atom stereocenters. The molecule has 5 aliphatic rings. The zero-order chi connectivity index (χ0) is 22.2. The highest BCUT2D eigenvalue weighted by molar-refractivity contribution is 6.01. The van der Waals surface area contributed by atoms with Gasteiger partial charge in [-0.05, 0) is 63.0 Å². The van der Waals surface area contributed by atoms with Crippen LogP contribution in [-0.4, -0.2) is 47.6 Å². The maximum absolute atomic E-state index is 13.3. The van der Waals surface area contributed by atoms with E-state index in [9.17, 15) is 14.7 Å². The van der Waals surface area contributed by atoms with Crippen molar-refractivity contribution in [1.29, 1.82) is 0 Å². The van der Waals surface area contributed by atoms with Crippen molar-refractivity contribution in [3.05, 3.63) is 23.8 Å². The van der Waals surface area contributed by atoms with E-state index in [1.54, 1.807) is 19.1 Å². The average molecular weight is 431 g/mol. The predicted molar refractivity (Wildman–Crippen MR) is 113 cm³/mol. The van der Waals surface area contributed by atoms with E-state index in [2.05, 4.69) is 13.8 Å². The smallest absolute Gasteiger partial charge is 0.281 e. The van der Waals surface area contributed by atoms with Crippen LogP contribution in [0, 0.1) is 28.6 Å². The van der Waals surface area contributed by atoms with Gasteiger partial charge in [-0.15, -0.1) is 0 Å². The summed E-state index contributed by atoms with van der Waals surface area (Å²) in [6, 6.07) is 0. The quantitative estimate of drug-likeness (QED) is 0.724. The van der Waals surface area contributed by atoms with E-state index in [1.165, 1.54) is 0 Å². The molecule has 1 spiro atoms. The highest BCUT2D eigenvalue weighted by Crippen LogP contribution is 2.68. The Labute approximate surface area is 184 Å². The minimum absolute atomic E-state index is 0.0293. The van der Waals surface area contributed by atoms with Gasteiger partial charge in [-0.2, -0.15) is 0 Å². The average Bonchev–Trinajstić information content (AvgIpc) is 2.98. The van der Waals surface area contributed by atoms with Crippen LogP contribution in [0.15, 0.2) is 23.8 Å². The molecule has 1 saturated heterocycles. The van der Waals surface area contributed by atoms with Crippen LogP contribution in [0.4, 0.5) is 0 Å². The molecule has 170 valence electrons. The number of carbonyl (C=O) groups excluding carboxylic acids is 2. The first-order valence-electron chi connectivity index (χ1n) is 11.7. The van der Waals surface area contributed by atoms with E-state index in [0.717, 1.165) is 24.8 Å². The largest absolute Gasteiger partial charge is 0.393 e. The number of rotatable bonds is 2. The van der Waals surface area contributed by atoms with E-state index >= 15 is 0 Å². The Morgan fingerprint density at radius 2 is 2.00 bits per heavy atom. The molecular weight excluding hydrogens is 396 g/mol. The van der Waals surface area contributed by atoms with Gasteiger partial charge >= 0.3 is 0 Å². The number of allylic oxidation sites excluding steroid dienone is 4. The molecule has 0 amide bonds. The lowest BCUT2D eigenvalue weighted by Gasteiger charge is -2.61. The number of hydrogen-bond acceptors (Lipinski definition) is 6. The molecule has 3 saturated carbocycles. The first kappa shape index (κ1) is 21.5. The summed E-state index contributed by atoms with van der Waals surface area (Å²) in [6.45, 7) is 8.31. The molecule has 6 heteroatoms. The minimum atomic E-state index is -1.25. The number of aliphatic hydroxyl groups excluding tert-OH is 1. The third kappa shape index (κ3) is 2.78. The van der Waals surface area contributed by atoms with Crippen molar-refractivity contribution in [3.8, 4) is 0 Å². The Balaban J connectivity index is 1.53. The van der Waals surface area contributed by atoms with Crippen molar-refractivity contribution >= 4 is 11.6 Å². The number of ketones is 2. The van der Waals surface area contributed by atoms with Crippen LogP contribution < -0.4 is 0 Å². The molecule has 0 aromatic rings. The third-order valence-electron chi connectivity index (χ3n) is 9.30. The molecule has 1 heterocycles. The fourth-order valence-corrected chi connectivity index (χ4v) is 7.99. The zero-order valence-corrected chi connectivity index (χ0v) is 19.0. The second-order valence-corrected chi connectivity index (χ2v) is 10.7. The van der Waals surface area contributed by atoms with Crippen LogP contribution in [0.25, 0.3) is 0 Å². The van der Waals surface area contributed by atoms with Gasteiger partial charge in [0.2, 0.25) is 0 Å². The van der Waals surface area contributed by atoms with E-state index < -0.39 is 23.1 Å².